The quantitative estimate of drug-likeness (QED) is 0.548. The summed E-state index contributed by atoms with van der Waals surface area (Å²) in [6.07, 6.45) is 2.15. The summed E-state index contributed by atoms with van der Waals surface area (Å²) < 4.78 is 51.3. The van der Waals surface area contributed by atoms with Crippen molar-refractivity contribution in [3.63, 3.8) is 0 Å². The summed E-state index contributed by atoms with van der Waals surface area (Å²) in [4.78, 5) is 12.6. The Hall–Kier alpha value is -2.71. The Morgan fingerprint density at radius 1 is 1.09 bits per heavy atom. The van der Waals surface area contributed by atoms with Crippen LogP contribution in [0.1, 0.15) is 18.4 Å². The van der Waals surface area contributed by atoms with Crippen LogP contribution in [0.25, 0.3) is 0 Å². The zero-order valence-corrected chi connectivity index (χ0v) is 19.9. The first-order chi connectivity index (χ1) is 15.6. The van der Waals surface area contributed by atoms with Crippen molar-refractivity contribution in [3.05, 3.63) is 70.6 Å². The molecular weight excluding hydrogens is 486 g/mol. The van der Waals surface area contributed by atoms with E-state index in [0.29, 0.717) is 23.4 Å². The fraction of sp³-hybridized carbons (Fsp3) is 0.273. The molecule has 1 heterocycles. The van der Waals surface area contributed by atoms with E-state index in [9.17, 15) is 21.6 Å². The lowest BCUT2D eigenvalue weighted by Gasteiger charge is -2.16. The lowest BCUT2D eigenvalue weighted by molar-refractivity contribution is -0.124. The maximum absolute atomic E-state index is 12.8. The minimum atomic E-state index is -3.75. The van der Waals surface area contributed by atoms with E-state index in [0.717, 1.165) is 5.41 Å². The average Bonchev–Trinajstić information content (AvgIpc) is 3.30. The highest BCUT2D eigenvalue weighted by molar-refractivity contribution is 7.94. The first kappa shape index (κ1) is 24.9. The van der Waals surface area contributed by atoms with Crippen molar-refractivity contribution >= 4 is 37.4 Å². The van der Waals surface area contributed by atoms with E-state index in [1.807, 2.05) is 6.07 Å². The molecule has 0 saturated carbocycles. The number of rotatable bonds is 8. The number of sulfonamides is 1. The zero-order valence-electron chi connectivity index (χ0n) is 17.5. The molecule has 1 aliphatic rings. The van der Waals surface area contributed by atoms with Gasteiger partial charge >= 0.3 is 0 Å². The number of halogens is 1. The summed E-state index contributed by atoms with van der Waals surface area (Å²) in [5.41, 5.74) is 0.364. The number of nitriles is 1. The monoisotopic (exact) mass is 507 g/mol. The predicted octanol–water partition coefficient (Wildman–Crippen LogP) is 2.72. The van der Waals surface area contributed by atoms with Gasteiger partial charge in [-0.15, -0.1) is 0 Å². The largest absolute Gasteiger partial charge is 0.356 e. The Morgan fingerprint density at radius 2 is 1.73 bits per heavy atom. The third-order valence-electron chi connectivity index (χ3n) is 5.17. The highest BCUT2D eigenvalue weighted by Gasteiger charge is 2.35. The Bertz CT molecular complexity index is 1280. The van der Waals surface area contributed by atoms with Crippen molar-refractivity contribution in [2.45, 2.75) is 22.6 Å². The molecule has 1 aliphatic heterocycles. The molecule has 0 aromatic heterocycles. The minimum Gasteiger partial charge on any atom is -0.356 e. The summed E-state index contributed by atoms with van der Waals surface area (Å²) in [5, 5.41) is 13.1. The molecule has 2 aromatic carbocycles. The van der Waals surface area contributed by atoms with Crippen LogP contribution in [0.2, 0.25) is 5.02 Å². The van der Waals surface area contributed by atoms with Crippen LogP contribution in [-0.2, 0) is 24.7 Å². The molecule has 0 unspecified atom stereocenters. The van der Waals surface area contributed by atoms with Gasteiger partial charge in [0.2, 0.25) is 15.9 Å². The first-order valence-electron chi connectivity index (χ1n) is 10.1. The van der Waals surface area contributed by atoms with Gasteiger partial charge in [-0.1, -0.05) is 17.7 Å². The summed E-state index contributed by atoms with van der Waals surface area (Å²) in [5.74, 6) is -0.763. The van der Waals surface area contributed by atoms with Gasteiger partial charge in [0.1, 0.15) is 0 Å². The second-order valence-corrected chi connectivity index (χ2v) is 11.6. The van der Waals surface area contributed by atoms with E-state index < -0.39 is 25.8 Å². The molecule has 33 heavy (non-hydrogen) atoms. The van der Waals surface area contributed by atoms with Crippen molar-refractivity contribution in [2.24, 2.45) is 5.92 Å². The van der Waals surface area contributed by atoms with E-state index in [4.69, 9.17) is 16.9 Å². The molecule has 0 radical (unpaired) electrons. The van der Waals surface area contributed by atoms with Gasteiger partial charge in [0.15, 0.2) is 9.84 Å². The second-order valence-electron chi connectivity index (χ2n) is 7.44. The van der Waals surface area contributed by atoms with Crippen LogP contribution in [0, 0.1) is 17.2 Å². The van der Waals surface area contributed by atoms with Crippen molar-refractivity contribution in [1.82, 2.24) is 9.62 Å². The van der Waals surface area contributed by atoms with Crippen LogP contribution in [0.4, 0.5) is 0 Å². The molecule has 1 amide bonds. The fourth-order valence-electron chi connectivity index (χ4n) is 3.33. The maximum atomic E-state index is 12.8. The molecule has 1 saturated heterocycles. The van der Waals surface area contributed by atoms with E-state index in [1.165, 1.54) is 58.9 Å². The zero-order chi connectivity index (χ0) is 24.1. The van der Waals surface area contributed by atoms with Crippen LogP contribution in [0.3, 0.4) is 0 Å². The fourth-order valence-corrected chi connectivity index (χ4v) is 6.02. The molecular formula is C22H22ClN3O5S2. The Balaban J connectivity index is 1.49. The van der Waals surface area contributed by atoms with Gasteiger partial charge in [-0.25, -0.2) is 16.8 Å². The molecule has 3 rings (SSSR count). The minimum absolute atomic E-state index is 0.0644. The lowest BCUT2D eigenvalue weighted by atomic mass is 10.1. The Labute approximate surface area is 198 Å². The predicted molar refractivity (Wildman–Crippen MR) is 123 cm³/mol. The summed E-state index contributed by atoms with van der Waals surface area (Å²) in [7, 11) is -7.34. The van der Waals surface area contributed by atoms with Crippen LogP contribution in [0.15, 0.2) is 69.8 Å². The van der Waals surface area contributed by atoms with E-state index >= 15 is 0 Å². The highest BCUT2D eigenvalue weighted by Crippen LogP contribution is 2.24. The van der Waals surface area contributed by atoms with E-state index in [-0.39, 0.29) is 35.3 Å². The van der Waals surface area contributed by atoms with Crippen LogP contribution < -0.4 is 5.32 Å². The van der Waals surface area contributed by atoms with Crippen LogP contribution in [-0.4, -0.2) is 46.7 Å². The number of carbonyl (C=O) groups excluding carboxylic acids is 1. The van der Waals surface area contributed by atoms with Crippen molar-refractivity contribution in [2.75, 3.05) is 19.6 Å². The Kier molecular flexibility index (Phi) is 7.92. The topological polar surface area (TPSA) is 124 Å². The van der Waals surface area contributed by atoms with Gasteiger partial charge in [-0.05, 0) is 61.4 Å². The third-order valence-corrected chi connectivity index (χ3v) is 8.78. The van der Waals surface area contributed by atoms with Gasteiger partial charge in [-0.2, -0.15) is 9.57 Å². The first-order valence-corrected chi connectivity index (χ1v) is 13.4. The van der Waals surface area contributed by atoms with Gasteiger partial charge in [-0.3, -0.25) is 4.79 Å². The number of hydrogen-bond donors (Lipinski definition) is 1. The Morgan fingerprint density at radius 3 is 2.36 bits per heavy atom. The van der Waals surface area contributed by atoms with Gasteiger partial charge in [0.05, 0.1) is 27.3 Å². The van der Waals surface area contributed by atoms with Gasteiger partial charge < -0.3 is 5.32 Å². The number of benzene rings is 2. The number of carbonyl (C=O) groups is 1. The normalized spacial score (nSPS) is 17.2. The van der Waals surface area contributed by atoms with Crippen molar-refractivity contribution in [3.8, 4) is 6.07 Å². The number of nitrogens with one attached hydrogen (secondary N) is 1. The van der Waals surface area contributed by atoms with Crippen molar-refractivity contribution < 1.29 is 21.6 Å². The molecule has 11 heteroatoms. The smallest absolute Gasteiger partial charge is 0.243 e. The molecule has 0 bridgehead atoms. The summed E-state index contributed by atoms with van der Waals surface area (Å²) in [6.45, 7) is 0.513. The average molecular weight is 508 g/mol. The molecule has 174 valence electrons. The molecule has 1 fully saturated rings. The van der Waals surface area contributed by atoms with Crippen LogP contribution >= 0.6 is 11.6 Å². The van der Waals surface area contributed by atoms with Gasteiger partial charge in [0.25, 0.3) is 0 Å². The molecule has 1 N–H and O–H groups in total. The molecule has 1 atom stereocenters. The number of nitrogens with zero attached hydrogens (tertiary/aromatic N) is 2. The SMILES string of the molecule is N#Cc1ccc(S(=O)(=O)N2CC[C@H](C(=O)NCC/C=C/S(=O)(=O)c3ccc(Cl)cc3)C2)cc1. The summed E-state index contributed by atoms with van der Waals surface area (Å²) >= 11 is 5.77. The lowest BCUT2D eigenvalue weighted by Crippen LogP contribution is -2.35. The summed E-state index contributed by atoms with van der Waals surface area (Å²) in [6, 6.07) is 13.4. The number of amides is 1. The molecule has 0 spiro atoms. The molecule has 0 aliphatic carbocycles. The van der Waals surface area contributed by atoms with Crippen molar-refractivity contribution in [1.29, 1.82) is 5.26 Å². The van der Waals surface area contributed by atoms with Gasteiger partial charge in [0, 0.05) is 30.1 Å². The van der Waals surface area contributed by atoms with E-state index in [2.05, 4.69) is 5.32 Å². The van der Waals surface area contributed by atoms with Crippen LogP contribution in [0.5, 0.6) is 0 Å². The van der Waals surface area contributed by atoms with E-state index in [1.54, 1.807) is 0 Å². The third kappa shape index (κ3) is 6.21. The standard InChI is InChI=1S/C22H22ClN3O5S2/c23-19-5-9-20(10-6-19)32(28,29)14-2-1-12-25-22(27)18-11-13-26(16-18)33(30,31)21-7-3-17(15-24)4-8-21/h2-10,14,18H,1,11-13,16H2,(H,25,27)/b14-2+/t18-/m0/s1. The number of sulfone groups is 1. The highest BCUT2D eigenvalue weighted by atomic mass is 35.5. The number of hydrogen-bond acceptors (Lipinski definition) is 6. The second kappa shape index (κ2) is 10.5. The molecule has 8 nitrogen and oxygen atoms in total. The molecule has 2 aromatic rings. The maximum Gasteiger partial charge on any atom is 0.243 e.